The quantitative estimate of drug-likeness (QED) is 0.374. The molecule has 1 aromatic rings. The van der Waals surface area contributed by atoms with Crippen LogP contribution in [-0.4, -0.2) is 35.6 Å². The number of hydrogen-bond acceptors (Lipinski definition) is 4. The van der Waals surface area contributed by atoms with Crippen LogP contribution in [0.1, 0.15) is 5.56 Å². The minimum Gasteiger partial charge on any atom is -0.375 e. The molecule has 0 heterocycles. The molecule has 3 N–H and O–H groups in total. The van der Waals surface area contributed by atoms with Gasteiger partial charge in [-0.3, -0.25) is 10.2 Å². The van der Waals surface area contributed by atoms with Crippen molar-refractivity contribution in [1.29, 1.82) is 0 Å². The maximum absolute atomic E-state index is 11.7. The van der Waals surface area contributed by atoms with E-state index in [1.807, 2.05) is 18.2 Å². The Labute approximate surface area is 129 Å². The second-order valence-corrected chi connectivity index (χ2v) is 6.03. The number of amides is 1. The summed E-state index contributed by atoms with van der Waals surface area (Å²) in [5, 5.41) is 3.92. The summed E-state index contributed by atoms with van der Waals surface area (Å²) in [4.78, 5) is 14.0. The van der Waals surface area contributed by atoms with Gasteiger partial charge in [0, 0.05) is 29.0 Å². The smallest absolute Gasteiger partial charge is 0.285 e. The molecule has 0 aliphatic heterocycles. The van der Waals surface area contributed by atoms with E-state index in [1.54, 1.807) is 20.3 Å². The number of rotatable bonds is 3. The SMILES string of the molecule is CN(C)C(=O)Sc1cc(Br)ccc1C=NNC(N)=S. The number of nitrogens with zero attached hydrogens (tertiary/aromatic N) is 2. The molecule has 1 amide bonds. The van der Waals surface area contributed by atoms with E-state index in [4.69, 9.17) is 5.73 Å². The van der Waals surface area contributed by atoms with Crippen molar-refractivity contribution in [1.82, 2.24) is 10.3 Å². The molecule has 19 heavy (non-hydrogen) atoms. The van der Waals surface area contributed by atoms with Gasteiger partial charge in [-0.2, -0.15) is 5.10 Å². The third-order valence-electron chi connectivity index (χ3n) is 1.92. The monoisotopic (exact) mass is 360 g/mol. The Kier molecular flexibility index (Phi) is 6.26. The van der Waals surface area contributed by atoms with Gasteiger partial charge in [0.05, 0.1) is 6.21 Å². The van der Waals surface area contributed by atoms with Crippen molar-refractivity contribution < 1.29 is 4.79 Å². The molecule has 1 aromatic carbocycles. The molecule has 0 aromatic heterocycles. The predicted octanol–water partition coefficient (Wildman–Crippen LogP) is 2.39. The lowest BCUT2D eigenvalue weighted by Gasteiger charge is -2.11. The Balaban J connectivity index is 2.94. The average molecular weight is 361 g/mol. The minimum absolute atomic E-state index is 0.0601. The fourth-order valence-electron chi connectivity index (χ4n) is 1.05. The first kappa shape index (κ1) is 15.9. The highest BCUT2D eigenvalue weighted by Crippen LogP contribution is 2.27. The number of hydrogen-bond donors (Lipinski definition) is 2. The summed E-state index contributed by atoms with van der Waals surface area (Å²) in [7, 11) is 3.41. The predicted molar refractivity (Wildman–Crippen MR) is 86.6 cm³/mol. The van der Waals surface area contributed by atoms with Crippen LogP contribution in [0.2, 0.25) is 0 Å². The maximum Gasteiger partial charge on any atom is 0.285 e. The topological polar surface area (TPSA) is 70.7 Å². The Morgan fingerprint density at radius 2 is 2.26 bits per heavy atom. The van der Waals surface area contributed by atoms with E-state index in [9.17, 15) is 4.79 Å². The molecule has 0 atom stereocenters. The summed E-state index contributed by atoms with van der Waals surface area (Å²) >= 11 is 9.15. The molecule has 0 spiro atoms. The molecule has 0 aliphatic rings. The summed E-state index contributed by atoms with van der Waals surface area (Å²) in [6.07, 6.45) is 1.57. The van der Waals surface area contributed by atoms with E-state index < -0.39 is 0 Å². The second-order valence-electron chi connectivity index (χ2n) is 3.68. The van der Waals surface area contributed by atoms with Crippen LogP contribution in [0.5, 0.6) is 0 Å². The van der Waals surface area contributed by atoms with Gasteiger partial charge < -0.3 is 10.6 Å². The zero-order valence-electron chi connectivity index (χ0n) is 10.4. The molecule has 0 aliphatic carbocycles. The number of carbonyl (C=O) groups is 1. The van der Waals surface area contributed by atoms with E-state index in [0.717, 1.165) is 26.7 Å². The number of hydrazone groups is 1. The molecule has 0 bridgehead atoms. The van der Waals surface area contributed by atoms with Crippen molar-refractivity contribution in [3.8, 4) is 0 Å². The minimum atomic E-state index is -0.0601. The molecular formula is C11H13BrN4OS2. The van der Waals surface area contributed by atoms with Crippen LogP contribution in [0.25, 0.3) is 0 Å². The van der Waals surface area contributed by atoms with Crippen LogP contribution in [0.3, 0.4) is 0 Å². The van der Waals surface area contributed by atoms with Gasteiger partial charge in [-0.15, -0.1) is 0 Å². The molecule has 8 heteroatoms. The van der Waals surface area contributed by atoms with Gasteiger partial charge in [-0.1, -0.05) is 22.0 Å². The van der Waals surface area contributed by atoms with E-state index in [-0.39, 0.29) is 10.4 Å². The lowest BCUT2D eigenvalue weighted by Crippen LogP contribution is -2.24. The van der Waals surface area contributed by atoms with Gasteiger partial charge in [-0.05, 0) is 36.1 Å². The van der Waals surface area contributed by atoms with Gasteiger partial charge in [0.15, 0.2) is 5.11 Å². The van der Waals surface area contributed by atoms with Gasteiger partial charge in [-0.25, -0.2) is 0 Å². The summed E-state index contributed by atoms with van der Waals surface area (Å²) in [5.41, 5.74) is 8.54. The van der Waals surface area contributed by atoms with Crippen LogP contribution in [0.4, 0.5) is 4.79 Å². The van der Waals surface area contributed by atoms with Gasteiger partial charge in [0.2, 0.25) is 0 Å². The third-order valence-corrected chi connectivity index (χ3v) is 3.61. The molecular weight excluding hydrogens is 348 g/mol. The lowest BCUT2D eigenvalue weighted by atomic mass is 10.2. The van der Waals surface area contributed by atoms with E-state index in [2.05, 4.69) is 38.7 Å². The Morgan fingerprint density at radius 1 is 1.58 bits per heavy atom. The van der Waals surface area contributed by atoms with Gasteiger partial charge >= 0.3 is 0 Å². The standard InChI is InChI=1S/C11H13BrN4OS2/c1-16(2)11(17)19-9-5-8(12)4-3-7(9)6-14-15-10(13)18/h3-6H,1-2H3,(H3,13,15,18). The number of benzene rings is 1. The van der Waals surface area contributed by atoms with Crippen molar-refractivity contribution in [2.75, 3.05) is 14.1 Å². The average Bonchev–Trinajstić information content (AvgIpc) is 2.31. The van der Waals surface area contributed by atoms with Crippen molar-refractivity contribution >= 4 is 56.5 Å². The van der Waals surface area contributed by atoms with Crippen molar-refractivity contribution in [2.45, 2.75) is 4.90 Å². The van der Waals surface area contributed by atoms with Crippen LogP contribution in [0, 0.1) is 0 Å². The molecule has 0 fully saturated rings. The van der Waals surface area contributed by atoms with Crippen LogP contribution >= 0.6 is 39.9 Å². The highest BCUT2D eigenvalue weighted by Gasteiger charge is 2.10. The summed E-state index contributed by atoms with van der Waals surface area (Å²) < 4.78 is 0.890. The van der Waals surface area contributed by atoms with Crippen LogP contribution in [-0.2, 0) is 0 Å². The number of halogens is 1. The first-order chi connectivity index (χ1) is 8.90. The number of thioether (sulfide) groups is 1. The van der Waals surface area contributed by atoms with E-state index in [1.165, 1.54) is 4.90 Å². The van der Waals surface area contributed by atoms with Gasteiger partial charge in [0.1, 0.15) is 0 Å². The summed E-state index contributed by atoms with van der Waals surface area (Å²) in [6, 6.07) is 5.57. The molecule has 102 valence electrons. The molecule has 0 saturated carbocycles. The number of thiocarbonyl (C=S) groups is 1. The molecule has 5 nitrogen and oxygen atoms in total. The Hall–Kier alpha value is -1.12. The summed E-state index contributed by atoms with van der Waals surface area (Å²) in [6.45, 7) is 0. The molecule has 1 rings (SSSR count). The first-order valence-electron chi connectivity index (χ1n) is 5.17. The van der Waals surface area contributed by atoms with Crippen molar-refractivity contribution in [3.63, 3.8) is 0 Å². The van der Waals surface area contributed by atoms with E-state index >= 15 is 0 Å². The fraction of sp³-hybridized carbons (Fsp3) is 0.182. The fourth-order valence-corrected chi connectivity index (χ4v) is 2.41. The normalized spacial score (nSPS) is 10.5. The lowest BCUT2D eigenvalue weighted by molar-refractivity contribution is 0.241. The number of nitrogens with two attached hydrogens (primary N) is 1. The van der Waals surface area contributed by atoms with E-state index in [0.29, 0.717) is 0 Å². The van der Waals surface area contributed by atoms with Crippen molar-refractivity contribution in [3.05, 3.63) is 28.2 Å². The zero-order valence-corrected chi connectivity index (χ0v) is 13.6. The molecule has 0 radical (unpaired) electrons. The second kappa shape index (κ2) is 7.46. The van der Waals surface area contributed by atoms with Gasteiger partial charge in [0.25, 0.3) is 5.24 Å². The Morgan fingerprint density at radius 3 is 2.84 bits per heavy atom. The highest BCUT2D eigenvalue weighted by atomic mass is 79.9. The first-order valence-corrected chi connectivity index (χ1v) is 7.19. The number of carbonyl (C=O) groups excluding carboxylic acids is 1. The Bertz CT molecular complexity index is 519. The van der Waals surface area contributed by atoms with Crippen LogP contribution < -0.4 is 11.2 Å². The molecule has 0 unspecified atom stereocenters. The van der Waals surface area contributed by atoms with Crippen LogP contribution in [0.15, 0.2) is 32.7 Å². The third kappa shape index (κ3) is 5.58. The highest BCUT2D eigenvalue weighted by molar-refractivity contribution is 9.10. The largest absolute Gasteiger partial charge is 0.375 e. The zero-order chi connectivity index (χ0) is 14.4. The van der Waals surface area contributed by atoms with Crippen molar-refractivity contribution in [2.24, 2.45) is 10.8 Å². The number of nitrogens with one attached hydrogen (secondary N) is 1. The summed E-state index contributed by atoms with van der Waals surface area (Å²) in [5.74, 6) is 0. The maximum atomic E-state index is 11.7. The molecule has 0 saturated heterocycles.